The van der Waals surface area contributed by atoms with Crippen LogP contribution in [0.4, 0.5) is 0 Å². The predicted octanol–water partition coefficient (Wildman–Crippen LogP) is 3.54. The largest absolute Gasteiger partial charge is 0.390 e. The van der Waals surface area contributed by atoms with Gasteiger partial charge in [0.1, 0.15) is 5.69 Å². The smallest absolute Gasteiger partial charge is 0.268 e. The molecule has 4 saturated carbocycles. The number of nitrogens with zero attached hydrogens (tertiary/aromatic N) is 1. The highest BCUT2D eigenvalue weighted by molar-refractivity contribution is 6.12. The van der Waals surface area contributed by atoms with Crippen molar-refractivity contribution in [3.63, 3.8) is 0 Å². The van der Waals surface area contributed by atoms with Gasteiger partial charge in [-0.05, 0) is 69.3 Å². The molecule has 5 nitrogen and oxygen atoms in total. The van der Waals surface area contributed by atoms with Crippen LogP contribution in [0.15, 0.2) is 30.3 Å². The summed E-state index contributed by atoms with van der Waals surface area (Å²) in [6.07, 6.45) is 4.74. The minimum Gasteiger partial charge on any atom is -0.390 e. The molecular weight excluding hydrogens is 376 g/mol. The minimum absolute atomic E-state index is 0.0444. The van der Waals surface area contributed by atoms with E-state index in [4.69, 9.17) is 0 Å². The van der Waals surface area contributed by atoms with Gasteiger partial charge in [0, 0.05) is 29.9 Å². The minimum atomic E-state index is -0.509. The number of ketones is 1. The van der Waals surface area contributed by atoms with E-state index in [0.717, 1.165) is 43.4 Å². The molecule has 0 aliphatic heterocycles. The maximum absolute atomic E-state index is 13.4. The maximum atomic E-state index is 13.4. The van der Waals surface area contributed by atoms with Crippen molar-refractivity contribution in [2.24, 2.45) is 24.8 Å². The van der Waals surface area contributed by atoms with E-state index in [1.54, 1.807) is 0 Å². The van der Waals surface area contributed by atoms with Crippen LogP contribution in [0.25, 0.3) is 0 Å². The van der Waals surface area contributed by atoms with Crippen LogP contribution >= 0.6 is 0 Å². The van der Waals surface area contributed by atoms with Crippen LogP contribution in [0.2, 0.25) is 0 Å². The van der Waals surface area contributed by atoms with Gasteiger partial charge >= 0.3 is 0 Å². The second kappa shape index (κ2) is 6.81. The summed E-state index contributed by atoms with van der Waals surface area (Å²) in [7, 11) is 1.86. The quantitative estimate of drug-likeness (QED) is 0.763. The van der Waals surface area contributed by atoms with Gasteiger partial charge in [-0.2, -0.15) is 0 Å². The molecule has 0 saturated heterocycles. The van der Waals surface area contributed by atoms with Crippen molar-refractivity contribution in [2.45, 2.75) is 57.6 Å². The average Bonchev–Trinajstić information content (AvgIpc) is 2.92. The van der Waals surface area contributed by atoms with Crippen LogP contribution in [0.5, 0.6) is 0 Å². The number of amides is 1. The molecule has 0 spiro atoms. The molecule has 4 fully saturated rings. The first-order valence-electron chi connectivity index (χ1n) is 11.1. The lowest BCUT2D eigenvalue weighted by Crippen LogP contribution is -2.61. The normalized spacial score (nSPS) is 31.7. The number of aromatic nitrogens is 1. The number of hydrogen-bond acceptors (Lipinski definition) is 3. The van der Waals surface area contributed by atoms with Crippen LogP contribution in [-0.4, -0.2) is 33.0 Å². The molecule has 2 aromatic rings. The fraction of sp³-hybridized carbons (Fsp3) is 0.520. The van der Waals surface area contributed by atoms with Gasteiger partial charge in [0.25, 0.3) is 5.91 Å². The Morgan fingerprint density at radius 3 is 2.30 bits per heavy atom. The summed E-state index contributed by atoms with van der Waals surface area (Å²) in [5, 5.41) is 14.1. The molecule has 1 amide bonds. The second-order valence-corrected chi connectivity index (χ2v) is 9.88. The molecule has 2 unspecified atom stereocenters. The maximum Gasteiger partial charge on any atom is 0.268 e. The molecule has 158 valence electrons. The van der Waals surface area contributed by atoms with Gasteiger partial charge in [-0.25, -0.2) is 0 Å². The standard InChI is InChI=1S/C25H30N2O3/c1-14-20(23(28)17-7-5-4-6-8-17)15(2)27(3)22(14)24(29)26-21-18-9-16-10-19(21)13-25(30,11-16)12-18/h4-8,16,18-19,21,30H,9-13H2,1-3H3,(H,26,29). The number of rotatable bonds is 4. The van der Waals surface area contributed by atoms with Crippen molar-refractivity contribution in [3.05, 3.63) is 58.4 Å². The summed E-state index contributed by atoms with van der Waals surface area (Å²) in [5.74, 6) is 1.18. The first kappa shape index (κ1) is 19.6. The van der Waals surface area contributed by atoms with E-state index >= 15 is 0 Å². The number of carbonyl (C=O) groups is 2. The van der Waals surface area contributed by atoms with E-state index in [2.05, 4.69) is 5.32 Å². The Balaban J connectivity index is 1.42. The first-order chi connectivity index (χ1) is 14.3. The van der Waals surface area contributed by atoms with Crippen molar-refractivity contribution < 1.29 is 14.7 Å². The van der Waals surface area contributed by atoms with Gasteiger partial charge in [-0.15, -0.1) is 0 Å². The third-order valence-corrected chi connectivity index (χ3v) is 7.95. The Morgan fingerprint density at radius 2 is 1.70 bits per heavy atom. The zero-order chi connectivity index (χ0) is 21.2. The Labute approximate surface area is 177 Å². The van der Waals surface area contributed by atoms with Crippen molar-refractivity contribution in [1.29, 1.82) is 0 Å². The molecule has 30 heavy (non-hydrogen) atoms. The van der Waals surface area contributed by atoms with Crippen LogP contribution in [0, 0.1) is 31.6 Å². The van der Waals surface area contributed by atoms with Gasteiger partial charge in [-0.3, -0.25) is 9.59 Å². The summed E-state index contributed by atoms with van der Waals surface area (Å²) < 4.78 is 1.85. The zero-order valence-electron chi connectivity index (χ0n) is 17.9. The van der Waals surface area contributed by atoms with Gasteiger partial charge in [-0.1, -0.05) is 30.3 Å². The number of nitrogens with one attached hydrogen (secondary N) is 1. The third kappa shape index (κ3) is 2.94. The molecule has 4 bridgehead atoms. The Bertz CT molecular complexity index is 1010. The van der Waals surface area contributed by atoms with Gasteiger partial charge in [0.15, 0.2) is 5.78 Å². The molecule has 1 aromatic heterocycles. The second-order valence-electron chi connectivity index (χ2n) is 9.88. The molecule has 2 N–H and O–H groups in total. The molecular formula is C25H30N2O3. The van der Waals surface area contributed by atoms with E-state index in [1.807, 2.05) is 55.8 Å². The highest BCUT2D eigenvalue weighted by Crippen LogP contribution is 2.55. The summed E-state index contributed by atoms with van der Waals surface area (Å²) in [6.45, 7) is 3.77. The summed E-state index contributed by atoms with van der Waals surface area (Å²) in [5.41, 5.74) is 2.86. The fourth-order valence-corrected chi connectivity index (χ4v) is 6.80. The van der Waals surface area contributed by atoms with E-state index in [-0.39, 0.29) is 17.7 Å². The van der Waals surface area contributed by atoms with Crippen LogP contribution in [0.1, 0.15) is 69.8 Å². The number of hydrogen-bond donors (Lipinski definition) is 2. The monoisotopic (exact) mass is 406 g/mol. The molecule has 6 rings (SSSR count). The fourth-order valence-electron chi connectivity index (χ4n) is 6.80. The molecule has 1 aromatic carbocycles. The molecule has 4 aliphatic rings. The number of aliphatic hydroxyl groups is 1. The SMILES string of the molecule is Cc1c(C(=O)c2ccccc2)c(C)n(C)c1C(=O)NC1C2CC3CC1CC(O)(C3)C2. The summed E-state index contributed by atoms with van der Waals surface area (Å²) in [4.78, 5) is 26.5. The first-order valence-corrected chi connectivity index (χ1v) is 11.1. The molecule has 4 aliphatic carbocycles. The van der Waals surface area contributed by atoms with Gasteiger partial charge < -0.3 is 15.0 Å². The lowest BCUT2D eigenvalue weighted by Gasteiger charge is -2.58. The predicted molar refractivity (Wildman–Crippen MR) is 115 cm³/mol. The zero-order valence-corrected chi connectivity index (χ0v) is 17.9. The molecule has 1 heterocycles. The molecule has 5 heteroatoms. The van der Waals surface area contributed by atoms with Crippen LogP contribution in [-0.2, 0) is 7.05 Å². The van der Waals surface area contributed by atoms with E-state index < -0.39 is 5.60 Å². The van der Waals surface area contributed by atoms with Gasteiger partial charge in [0.2, 0.25) is 0 Å². The van der Waals surface area contributed by atoms with Gasteiger partial charge in [0.05, 0.1) is 5.60 Å². The Morgan fingerprint density at radius 1 is 1.07 bits per heavy atom. The van der Waals surface area contributed by atoms with E-state index in [9.17, 15) is 14.7 Å². The Hall–Kier alpha value is -2.40. The van der Waals surface area contributed by atoms with Crippen molar-refractivity contribution >= 4 is 11.7 Å². The lowest BCUT2D eigenvalue weighted by molar-refractivity contribution is -0.137. The number of carbonyl (C=O) groups excluding carboxylic acids is 2. The molecule has 0 radical (unpaired) electrons. The highest BCUT2D eigenvalue weighted by atomic mass is 16.3. The van der Waals surface area contributed by atoms with E-state index in [1.165, 1.54) is 0 Å². The lowest BCUT2D eigenvalue weighted by atomic mass is 9.52. The molecule has 2 atom stereocenters. The van der Waals surface area contributed by atoms with Crippen molar-refractivity contribution in [2.75, 3.05) is 0 Å². The average molecular weight is 407 g/mol. The summed E-state index contributed by atoms with van der Waals surface area (Å²) >= 11 is 0. The Kier molecular flexibility index (Phi) is 4.44. The number of benzene rings is 1. The van der Waals surface area contributed by atoms with Crippen LogP contribution < -0.4 is 5.32 Å². The highest BCUT2D eigenvalue weighted by Gasteiger charge is 2.55. The summed E-state index contributed by atoms with van der Waals surface area (Å²) in [6, 6.07) is 9.35. The third-order valence-electron chi connectivity index (χ3n) is 7.95. The van der Waals surface area contributed by atoms with E-state index in [0.29, 0.717) is 34.6 Å². The topological polar surface area (TPSA) is 71.3 Å². The van der Waals surface area contributed by atoms with Crippen LogP contribution in [0.3, 0.4) is 0 Å². The van der Waals surface area contributed by atoms with Crippen molar-refractivity contribution in [1.82, 2.24) is 9.88 Å². The van der Waals surface area contributed by atoms with Crippen molar-refractivity contribution in [3.8, 4) is 0 Å².